The average Bonchev–Trinajstić information content (AvgIpc) is 3.13. The van der Waals surface area contributed by atoms with Crippen LogP contribution < -0.4 is 5.32 Å². The molecule has 2 rings (SSSR count). The predicted octanol–water partition coefficient (Wildman–Crippen LogP) is 2.81. The molecule has 0 saturated heterocycles. The van der Waals surface area contributed by atoms with Crippen molar-refractivity contribution in [2.75, 3.05) is 0 Å². The maximum absolute atomic E-state index is 14.1. The number of carbonyl (C=O) groups excluding carboxylic acids is 1. The molecule has 1 fully saturated rings. The highest BCUT2D eigenvalue weighted by atomic mass is 35.7. The first-order valence-corrected chi connectivity index (χ1v) is 8.59. The van der Waals surface area contributed by atoms with Gasteiger partial charge in [0, 0.05) is 16.2 Å². The van der Waals surface area contributed by atoms with Crippen LogP contribution in [0.2, 0.25) is 0 Å². The van der Waals surface area contributed by atoms with E-state index in [-0.39, 0.29) is 5.92 Å². The minimum Gasteiger partial charge on any atom is -0.347 e. The highest BCUT2D eigenvalue weighted by Crippen LogP contribution is 2.39. The van der Waals surface area contributed by atoms with E-state index in [9.17, 15) is 22.0 Å². The molecule has 4 nitrogen and oxygen atoms in total. The maximum atomic E-state index is 14.1. The summed E-state index contributed by atoms with van der Waals surface area (Å²) in [6.45, 7) is 3.55. The van der Waals surface area contributed by atoms with Gasteiger partial charge in [-0.05, 0) is 44.7 Å². The van der Waals surface area contributed by atoms with Gasteiger partial charge >= 0.3 is 0 Å². The number of halogens is 3. The van der Waals surface area contributed by atoms with Gasteiger partial charge in [-0.1, -0.05) is 0 Å². The Morgan fingerprint density at radius 1 is 1.33 bits per heavy atom. The smallest absolute Gasteiger partial charge is 0.264 e. The Hall–Kier alpha value is -1.21. The summed E-state index contributed by atoms with van der Waals surface area (Å²) in [6.07, 6.45) is 1.89. The third kappa shape index (κ3) is 3.52. The van der Waals surface area contributed by atoms with Crippen molar-refractivity contribution in [1.29, 1.82) is 0 Å². The number of hydrogen-bond acceptors (Lipinski definition) is 3. The molecule has 1 aromatic carbocycles. The van der Waals surface area contributed by atoms with Crippen molar-refractivity contribution in [2.24, 2.45) is 5.92 Å². The Kier molecular flexibility index (Phi) is 4.01. The van der Waals surface area contributed by atoms with Crippen molar-refractivity contribution in [1.82, 2.24) is 5.32 Å². The monoisotopic (exact) mass is 337 g/mol. The van der Waals surface area contributed by atoms with E-state index in [2.05, 4.69) is 5.32 Å². The molecule has 0 heterocycles. The summed E-state index contributed by atoms with van der Waals surface area (Å²) in [7, 11) is 0.557. The standard InChI is InChI=1S/C13H14ClF2NO3S/c1-13(2,7-3-4-7)17-12(18)9-5-8(15)6-10(11(9)16)21(14,19)20/h5-7H,3-4H2,1-2H3,(H,17,18). The molecular formula is C13H14ClF2NO3S. The van der Waals surface area contributed by atoms with Crippen molar-refractivity contribution in [3.63, 3.8) is 0 Å². The van der Waals surface area contributed by atoms with E-state index in [0.717, 1.165) is 12.8 Å². The fraction of sp³-hybridized carbons (Fsp3) is 0.462. The Balaban J connectivity index is 2.39. The molecule has 1 aliphatic rings. The predicted molar refractivity (Wildman–Crippen MR) is 73.7 cm³/mol. The van der Waals surface area contributed by atoms with Crippen LogP contribution >= 0.6 is 10.7 Å². The molecule has 1 aromatic rings. The molecular weight excluding hydrogens is 324 g/mol. The van der Waals surface area contributed by atoms with E-state index in [1.54, 1.807) is 13.8 Å². The van der Waals surface area contributed by atoms with Crippen LogP contribution in [0.1, 0.15) is 37.0 Å². The number of carbonyl (C=O) groups is 1. The summed E-state index contributed by atoms with van der Waals surface area (Å²) in [5.41, 5.74) is -1.25. The van der Waals surface area contributed by atoms with Crippen LogP contribution in [0.25, 0.3) is 0 Å². The molecule has 0 radical (unpaired) electrons. The van der Waals surface area contributed by atoms with Gasteiger partial charge in [0.2, 0.25) is 0 Å². The lowest BCUT2D eigenvalue weighted by Gasteiger charge is -2.26. The van der Waals surface area contributed by atoms with Gasteiger partial charge in [0.15, 0.2) is 5.82 Å². The van der Waals surface area contributed by atoms with Crippen molar-refractivity contribution < 1.29 is 22.0 Å². The minimum atomic E-state index is -4.48. The van der Waals surface area contributed by atoms with Gasteiger partial charge < -0.3 is 5.32 Å². The van der Waals surface area contributed by atoms with Crippen molar-refractivity contribution in [3.05, 3.63) is 29.3 Å². The highest BCUT2D eigenvalue weighted by molar-refractivity contribution is 8.13. The Bertz CT molecular complexity index is 700. The molecule has 21 heavy (non-hydrogen) atoms. The molecule has 0 unspecified atom stereocenters. The van der Waals surface area contributed by atoms with Gasteiger partial charge in [-0.25, -0.2) is 17.2 Å². The van der Waals surface area contributed by atoms with Crippen LogP contribution in [-0.2, 0) is 9.05 Å². The Morgan fingerprint density at radius 3 is 2.38 bits per heavy atom. The molecule has 0 spiro atoms. The fourth-order valence-electron chi connectivity index (χ4n) is 2.17. The van der Waals surface area contributed by atoms with E-state index in [0.29, 0.717) is 12.1 Å². The van der Waals surface area contributed by atoms with Gasteiger partial charge in [0.25, 0.3) is 15.0 Å². The topological polar surface area (TPSA) is 63.2 Å². The molecule has 1 amide bonds. The molecule has 116 valence electrons. The SMILES string of the molecule is CC(C)(NC(=O)c1cc(F)cc(S(=O)(=O)Cl)c1F)C1CC1. The Labute approximate surface area is 125 Å². The lowest BCUT2D eigenvalue weighted by Crippen LogP contribution is -2.45. The molecule has 1 saturated carbocycles. The summed E-state index contributed by atoms with van der Waals surface area (Å²) >= 11 is 0. The fourth-order valence-corrected chi connectivity index (χ4v) is 3.09. The summed E-state index contributed by atoms with van der Waals surface area (Å²) in [5, 5.41) is 2.60. The molecule has 1 N–H and O–H groups in total. The van der Waals surface area contributed by atoms with E-state index < -0.39 is 42.6 Å². The molecule has 0 aliphatic heterocycles. The number of rotatable bonds is 4. The summed E-state index contributed by atoms with van der Waals surface area (Å²) in [4.78, 5) is 11.0. The van der Waals surface area contributed by atoms with Crippen molar-refractivity contribution in [2.45, 2.75) is 37.1 Å². The number of amides is 1. The van der Waals surface area contributed by atoms with E-state index in [1.165, 1.54) is 0 Å². The second-order valence-corrected chi connectivity index (χ2v) is 8.19. The first-order valence-electron chi connectivity index (χ1n) is 6.28. The molecule has 0 bridgehead atoms. The van der Waals surface area contributed by atoms with Gasteiger partial charge in [-0.2, -0.15) is 0 Å². The lowest BCUT2D eigenvalue weighted by molar-refractivity contribution is 0.0898. The van der Waals surface area contributed by atoms with Crippen molar-refractivity contribution >= 4 is 25.6 Å². The number of benzene rings is 1. The Morgan fingerprint density at radius 2 is 1.90 bits per heavy atom. The quantitative estimate of drug-likeness (QED) is 0.859. The van der Waals surface area contributed by atoms with Gasteiger partial charge in [0.1, 0.15) is 10.7 Å². The first kappa shape index (κ1) is 16.2. The zero-order valence-corrected chi connectivity index (χ0v) is 13.0. The molecule has 0 aromatic heterocycles. The van der Waals surface area contributed by atoms with E-state index in [1.807, 2.05) is 0 Å². The van der Waals surface area contributed by atoms with Crippen molar-refractivity contribution in [3.8, 4) is 0 Å². The van der Waals surface area contributed by atoms with Crippen LogP contribution in [0.5, 0.6) is 0 Å². The average molecular weight is 338 g/mol. The molecule has 0 atom stereocenters. The minimum absolute atomic E-state index is 0.273. The molecule has 1 aliphatic carbocycles. The van der Waals surface area contributed by atoms with E-state index >= 15 is 0 Å². The highest BCUT2D eigenvalue weighted by Gasteiger charge is 2.39. The summed E-state index contributed by atoms with van der Waals surface area (Å²) < 4.78 is 50.0. The second kappa shape index (κ2) is 5.21. The van der Waals surface area contributed by atoms with Crippen LogP contribution in [0.15, 0.2) is 17.0 Å². The summed E-state index contributed by atoms with van der Waals surface area (Å²) in [6, 6.07) is 1.10. The zero-order chi connectivity index (χ0) is 16.0. The van der Waals surface area contributed by atoms with Gasteiger partial charge in [-0.3, -0.25) is 4.79 Å². The third-order valence-corrected chi connectivity index (χ3v) is 4.87. The first-order chi connectivity index (χ1) is 9.52. The largest absolute Gasteiger partial charge is 0.347 e. The van der Waals surface area contributed by atoms with Crippen LogP contribution in [-0.4, -0.2) is 19.9 Å². The van der Waals surface area contributed by atoms with Crippen LogP contribution in [0.3, 0.4) is 0 Å². The summed E-state index contributed by atoms with van der Waals surface area (Å²) in [5.74, 6) is -3.00. The number of nitrogens with one attached hydrogen (secondary N) is 1. The normalized spacial score (nSPS) is 15.9. The molecule has 8 heteroatoms. The van der Waals surface area contributed by atoms with Gasteiger partial charge in [-0.15, -0.1) is 0 Å². The van der Waals surface area contributed by atoms with E-state index in [4.69, 9.17) is 10.7 Å². The van der Waals surface area contributed by atoms with Crippen LogP contribution in [0, 0.1) is 17.6 Å². The number of hydrogen-bond donors (Lipinski definition) is 1. The third-order valence-electron chi connectivity index (χ3n) is 3.54. The maximum Gasteiger partial charge on any atom is 0.264 e. The lowest BCUT2D eigenvalue weighted by atomic mass is 9.98. The van der Waals surface area contributed by atoms with Crippen LogP contribution in [0.4, 0.5) is 8.78 Å². The van der Waals surface area contributed by atoms with Gasteiger partial charge in [0.05, 0.1) is 5.56 Å². The zero-order valence-electron chi connectivity index (χ0n) is 11.4. The second-order valence-electron chi connectivity index (χ2n) is 5.65.